The zero-order valence-corrected chi connectivity index (χ0v) is 9.85. The lowest BCUT2D eigenvalue weighted by atomic mass is 10.1. The Hall–Kier alpha value is -1.42. The Morgan fingerprint density at radius 1 is 1.38 bits per heavy atom. The van der Waals surface area contributed by atoms with Gasteiger partial charge in [0.1, 0.15) is 0 Å². The minimum atomic E-state index is 0.708. The Labute approximate surface area is 95.7 Å². The standard InChI is InChI=1S/C12H18N4/c1-3-10(2)8-13-9-12-15-14-11-6-4-5-7-16(11)12/h4-7,10,13H,3,8-9H2,1-2H3/t10-/m1/s1. The van der Waals surface area contributed by atoms with E-state index in [2.05, 4.69) is 29.4 Å². The van der Waals surface area contributed by atoms with Crippen molar-refractivity contribution in [3.05, 3.63) is 30.2 Å². The van der Waals surface area contributed by atoms with E-state index >= 15 is 0 Å². The lowest BCUT2D eigenvalue weighted by molar-refractivity contribution is 0.493. The average Bonchev–Trinajstić information content (AvgIpc) is 2.73. The largest absolute Gasteiger partial charge is 0.310 e. The molecule has 16 heavy (non-hydrogen) atoms. The molecule has 2 heterocycles. The van der Waals surface area contributed by atoms with Crippen molar-refractivity contribution >= 4 is 5.65 Å². The molecule has 2 aromatic rings. The summed E-state index contributed by atoms with van der Waals surface area (Å²) in [6.07, 6.45) is 3.20. The Morgan fingerprint density at radius 3 is 3.06 bits per heavy atom. The van der Waals surface area contributed by atoms with Crippen molar-refractivity contribution in [1.29, 1.82) is 0 Å². The lowest BCUT2D eigenvalue weighted by Gasteiger charge is -2.08. The molecule has 1 atom stereocenters. The molecule has 0 spiro atoms. The molecular weight excluding hydrogens is 200 g/mol. The van der Waals surface area contributed by atoms with Gasteiger partial charge in [0.05, 0.1) is 6.54 Å². The summed E-state index contributed by atoms with van der Waals surface area (Å²) in [4.78, 5) is 0. The second kappa shape index (κ2) is 5.07. The molecule has 0 unspecified atom stereocenters. The van der Waals surface area contributed by atoms with Crippen LogP contribution in [0.5, 0.6) is 0 Å². The first kappa shape index (κ1) is 11.1. The zero-order chi connectivity index (χ0) is 11.4. The lowest BCUT2D eigenvalue weighted by Crippen LogP contribution is -2.21. The monoisotopic (exact) mass is 218 g/mol. The maximum atomic E-state index is 4.17. The quantitative estimate of drug-likeness (QED) is 0.833. The molecular formula is C12H18N4. The van der Waals surface area contributed by atoms with Gasteiger partial charge in [0.25, 0.3) is 0 Å². The van der Waals surface area contributed by atoms with Gasteiger partial charge in [-0.15, -0.1) is 10.2 Å². The molecule has 0 saturated heterocycles. The van der Waals surface area contributed by atoms with E-state index in [1.807, 2.05) is 28.8 Å². The Kier molecular flexibility index (Phi) is 3.51. The van der Waals surface area contributed by atoms with Crippen LogP contribution in [0.4, 0.5) is 0 Å². The molecule has 0 aliphatic rings. The van der Waals surface area contributed by atoms with Gasteiger partial charge in [-0.2, -0.15) is 0 Å². The van der Waals surface area contributed by atoms with Gasteiger partial charge >= 0.3 is 0 Å². The number of pyridine rings is 1. The van der Waals surface area contributed by atoms with Gasteiger partial charge in [-0.25, -0.2) is 0 Å². The van der Waals surface area contributed by atoms with Crippen molar-refractivity contribution in [2.45, 2.75) is 26.8 Å². The third kappa shape index (κ3) is 2.39. The number of aromatic nitrogens is 3. The summed E-state index contributed by atoms with van der Waals surface area (Å²) in [5, 5.41) is 11.7. The summed E-state index contributed by atoms with van der Waals surface area (Å²) >= 11 is 0. The smallest absolute Gasteiger partial charge is 0.160 e. The molecule has 1 N–H and O–H groups in total. The van der Waals surface area contributed by atoms with E-state index in [-0.39, 0.29) is 0 Å². The summed E-state index contributed by atoms with van der Waals surface area (Å²) in [6.45, 7) is 6.25. The van der Waals surface area contributed by atoms with Crippen LogP contribution in [0, 0.1) is 5.92 Å². The number of hydrogen-bond acceptors (Lipinski definition) is 3. The fourth-order valence-electron chi connectivity index (χ4n) is 1.59. The highest BCUT2D eigenvalue weighted by Crippen LogP contribution is 2.03. The second-order valence-corrected chi connectivity index (χ2v) is 4.19. The highest BCUT2D eigenvalue weighted by atomic mass is 15.3. The first-order valence-electron chi connectivity index (χ1n) is 5.80. The second-order valence-electron chi connectivity index (χ2n) is 4.19. The van der Waals surface area contributed by atoms with E-state index in [1.165, 1.54) is 6.42 Å². The van der Waals surface area contributed by atoms with Crippen molar-refractivity contribution in [3.63, 3.8) is 0 Å². The zero-order valence-electron chi connectivity index (χ0n) is 9.85. The maximum Gasteiger partial charge on any atom is 0.160 e. The number of rotatable bonds is 5. The van der Waals surface area contributed by atoms with Crippen LogP contribution in [0.15, 0.2) is 24.4 Å². The maximum absolute atomic E-state index is 4.17. The average molecular weight is 218 g/mol. The number of nitrogens with one attached hydrogen (secondary N) is 1. The normalized spacial score (nSPS) is 13.1. The predicted molar refractivity (Wildman–Crippen MR) is 64.1 cm³/mol. The fourth-order valence-corrected chi connectivity index (χ4v) is 1.59. The van der Waals surface area contributed by atoms with Crippen LogP contribution in [0.25, 0.3) is 5.65 Å². The molecule has 0 amide bonds. The predicted octanol–water partition coefficient (Wildman–Crippen LogP) is 1.86. The number of nitrogens with zero attached hydrogens (tertiary/aromatic N) is 3. The van der Waals surface area contributed by atoms with Crippen LogP contribution in [-0.2, 0) is 6.54 Å². The minimum absolute atomic E-state index is 0.708. The van der Waals surface area contributed by atoms with Crippen LogP contribution in [0.3, 0.4) is 0 Å². The topological polar surface area (TPSA) is 42.2 Å². The molecule has 0 radical (unpaired) electrons. The summed E-state index contributed by atoms with van der Waals surface area (Å²) < 4.78 is 2.02. The number of fused-ring (bicyclic) bond motifs is 1. The molecule has 2 rings (SSSR count). The van der Waals surface area contributed by atoms with Crippen molar-refractivity contribution < 1.29 is 0 Å². The molecule has 2 aromatic heterocycles. The Bertz CT molecular complexity index is 449. The van der Waals surface area contributed by atoms with Crippen molar-refractivity contribution in [3.8, 4) is 0 Å². The Morgan fingerprint density at radius 2 is 2.25 bits per heavy atom. The molecule has 86 valence electrons. The van der Waals surface area contributed by atoms with Crippen molar-refractivity contribution in [2.75, 3.05) is 6.54 Å². The van der Waals surface area contributed by atoms with Crippen molar-refractivity contribution in [2.24, 2.45) is 5.92 Å². The van der Waals surface area contributed by atoms with Gasteiger partial charge < -0.3 is 5.32 Å². The van der Waals surface area contributed by atoms with Crippen LogP contribution >= 0.6 is 0 Å². The third-order valence-electron chi connectivity index (χ3n) is 2.86. The van der Waals surface area contributed by atoms with Gasteiger partial charge in [-0.3, -0.25) is 4.40 Å². The Balaban J connectivity index is 1.99. The van der Waals surface area contributed by atoms with Gasteiger partial charge in [0.15, 0.2) is 11.5 Å². The molecule has 0 aliphatic carbocycles. The van der Waals surface area contributed by atoms with Gasteiger partial charge in [-0.05, 0) is 24.6 Å². The van der Waals surface area contributed by atoms with E-state index in [1.54, 1.807) is 0 Å². The molecule has 4 nitrogen and oxygen atoms in total. The summed E-state index contributed by atoms with van der Waals surface area (Å²) in [5.41, 5.74) is 0.905. The molecule has 0 saturated carbocycles. The molecule has 0 bridgehead atoms. The highest BCUT2D eigenvalue weighted by Gasteiger charge is 2.04. The first-order valence-corrected chi connectivity index (χ1v) is 5.80. The van der Waals surface area contributed by atoms with E-state index in [9.17, 15) is 0 Å². The molecule has 4 heteroatoms. The van der Waals surface area contributed by atoms with Crippen LogP contribution in [0.2, 0.25) is 0 Å². The molecule has 0 aliphatic heterocycles. The number of hydrogen-bond donors (Lipinski definition) is 1. The van der Waals surface area contributed by atoms with Gasteiger partial charge in [-0.1, -0.05) is 26.3 Å². The van der Waals surface area contributed by atoms with Crippen LogP contribution in [-0.4, -0.2) is 21.1 Å². The summed E-state index contributed by atoms with van der Waals surface area (Å²) in [7, 11) is 0. The van der Waals surface area contributed by atoms with E-state index in [0.29, 0.717) is 5.92 Å². The SMILES string of the molecule is CC[C@@H](C)CNCc1nnc2ccccn12. The third-order valence-corrected chi connectivity index (χ3v) is 2.86. The molecule has 0 aromatic carbocycles. The fraction of sp³-hybridized carbons (Fsp3) is 0.500. The summed E-state index contributed by atoms with van der Waals surface area (Å²) in [5.74, 6) is 1.68. The van der Waals surface area contributed by atoms with Gasteiger partial charge in [0.2, 0.25) is 0 Å². The van der Waals surface area contributed by atoms with Crippen molar-refractivity contribution in [1.82, 2.24) is 19.9 Å². The van der Waals surface area contributed by atoms with E-state index < -0.39 is 0 Å². The minimum Gasteiger partial charge on any atom is -0.310 e. The van der Waals surface area contributed by atoms with E-state index in [0.717, 1.165) is 24.6 Å². The van der Waals surface area contributed by atoms with E-state index in [4.69, 9.17) is 0 Å². The summed E-state index contributed by atoms with van der Waals surface area (Å²) in [6, 6.07) is 5.93. The first-order chi connectivity index (χ1) is 7.81. The highest BCUT2D eigenvalue weighted by molar-refractivity contribution is 5.36. The molecule has 0 fully saturated rings. The van der Waals surface area contributed by atoms with Crippen LogP contribution in [0.1, 0.15) is 26.1 Å². The van der Waals surface area contributed by atoms with Gasteiger partial charge in [0, 0.05) is 6.20 Å². The van der Waals surface area contributed by atoms with Crippen LogP contribution < -0.4 is 5.32 Å².